The van der Waals surface area contributed by atoms with E-state index in [9.17, 15) is 0 Å². The van der Waals surface area contributed by atoms with E-state index < -0.39 is 0 Å². The third-order valence-electron chi connectivity index (χ3n) is 2.16. The van der Waals surface area contributed by atoms with Crippen molar-refractivity contribution in [1.29, 1.82) is 0 Å². The fraction of sp³-hybridized carbons (Fsp3) is 0.429. The minimum absolute atomic E-state index is 0.494. The van der Waals surface area contributed by atoms with Crippen LogP contribution in [0.5, 0.6) is 0 Å². The van der Waals surface area contributed by atoms with Crippen LogP contribution in [-0.4, -0.2) is 22.5 Å². The molecule has 0 amide bonds. The second-order valence-electron chi connectivity index (χ2n) is 3.06. The molecule has 1 unspecified atom stereocenters. The van der Waals surface area contributed by atoms with Crippen molar-refractivity contribution < 1.29 is 39.1 Å². The molecule has 112 valence electrons. The Bertz CT molecular complexity index is 303. The second kappa shape index (κ2) is 36.4. The molecule has 1 heterocycles. The van der Waals surface area contributed by atoms with Gasteiger partial charge in [0.2, 0.25) is 0 Å². The summed E-state index contributed by atoms with van der Waals surface area (Å²) in [6.45, 7) is 30.9. The van der Waals surface area contributed by atoms with Crippen LogP contribution in [0.2, 0.25) is 0 Å². The number of rotatable bonds is 3. The Kier molecular flexibility index (Phi) is 55.3. The van der Waals surface area contributed by atoms with Crippen LogP contribution in [0.15, 0.2) is 12.7 Å². The molecule has 0 spiro atoms. The SMILES string of the molecule is C=CC(C)[C](=[Cr])N1CCCC1.[C-]#[O+].[C-]#[O+].[C-]#[O+].[C-]#[O+].[C-]#[O+]. The summed E-state index contributed by atoms with van der Waals surface area (Å²) < 4.78 is 38.9. The van der Waals surface area contributed by atoms with E-state index in [2.05, 4.69) is 67.5 Å². The molecule has 0 N–H and O–H groups in total. The van der Waals surface area contributed by atoms with Gasteiger partial charge in [-0.3, -0.25) is 0 Å². The Morgan fingerprint density at radius 2 is 1.24 bits per heavy atom. The van der Waals surface area contributed by atoms with Crippen LogP contribution in [0.25, 0.3) is 0 Å². The normalized spacial score (nSPS) is 11.8. The van der Waals surface area contributed by atoms with Crippen molar-refractivity contribution in [2.24, 2.45) is 5.92 Å². The zero-order valence-electron chi connectivity index (χ0n) is 11.6. The summed E-state index contributed by atoms with van der Waals surface area (Å²) in [5, 5.41) is 0. The van der Waals surface area contributed by atoms with E-state index in [4.69, 9.17) is 23.3 Å². The molecule has 1 fully saturated rings. The molecule has 1 aliphatic rings. The molecule has 1 atom stereocenters. The number of nitrogens with zero attached hydrogens (tertiary/aromatic N) is 1. The van der Waals surface area contributed by atoms with Gasteiger partial charge in [-0.1, -0.05) is 0 Å². The second-order valence-corrected chi connectivity index (χ2v) is 3.71. The molecule has 7 heteroatoms. The van der Waals surface area contributed by atoms with Gasteiger partial charge in [-0.05, 0) is 0 Å². The topological polar surface area (TPSA) is 103 Å². The van der Waals surface area contributed by atoms with Crippen molar-refractivity contribution in [3.63, 3.8) is 0 Å². The van der Waals surface area contributed by atoms with Gasteiger partial charge < -0.3 is 0 Å². The Morgan fingerprint density at radius 3 is 1.48 bits per heavy atom. The van der Waals surface area contributed by atoms with E-state index >= 15 is 0 Å². The van der Waals surface area contributed by atoms with Crippen LogP contribution in [0.3, 0.4) is 0 Å². The van der Waals surface area contributed by atoms with Gasteiger partial charge in [-0.15, -0.1) is 0 Å². The fourth-order valence-corrected chi connectivity index (χ4v) is 1.76. The van der Waals surface area contributed by atoms with Crippen molar-refractivity contribution in [2.45, 2.75) is 19.8 Å². The van der Waals surface area contributed by atoms with Crippen molar-refractivity contribution in [2.75, 3.05) is 13.1 Å². The third-order valence-corrected chi connectivity index (χ3v) is 3.14. The Labute approximate surface area is 133 Å². The van der Waals surface area contributed by atoms with Crippen LogP contribution in [0.4, 0.5) is 0 Å². The van der Waals surface area contributed by atoms with E-state index in [-0.39, 0.29) is 0 Å². The fourth-order valence-electron chi connectivity index (χ4n) is 1.33. The van der Waals surface area contributed by atoms with E-state index in [1.165, 1.54) is 30.4 Å². The van der Waals surface area contributed by atoms with Gasteiger partial charge in [0, 0.05) is 0 Å². The Hall–Kier alpha value is -1.20. The molecule has 21 heavy (non-hydrogen) atoms. The molecule has 6 nitrogen and oxygen atoms in total. The van der Waals surface area contributed by atoms with Gasteiger partial charge in [-0.25, -0.2) is 0 Å². The van der Waals surface area contributed by atoms with Crippen LogP contribution in [-0.2, 0) is 39.1 Å². The summed E-state index contributed by atoms with van der Waals surface area (Å²) in [6, 6.07) is 0. The molecule has 0 aliphatic carbocycles. The summed E-state index contributed by atoms with van der Waals surface area (Å²) in [4.78, 5) is 2.42. The third kappa shape index (κ3) is 21.3. The van der Waals surface area contributed by atoms with Crippen molar-refractivity contribution in [3.8, 4) is 0 Å². The Balaban J connectivity index is -0.0000000727. The molecule has 1 aliphatic heterocycles. The molecule has 0 radical (unpaired) electrons. The molecule has 0 bridgehead atoms. The van der Waals surface area contributed by atoms with E-state index in [0.717, 1.165) is 0 Å². The van der Waals surface area contributed by atoms with Crippen molar-refractivity contribution in [3.05, 3.63) is 45.9 Å². The summed E-state index contributed by atoms with van der Waals surface area (Å²) in [5.74, 6) is 0.494. The van der Waals surface area contributed by atoms with Gasteiger partial charge in [0.05, 0.1) is 0 Å². The van der Waals surface area contributed by atoms with Crippen molar-refractivity contribution >= 4 is 4.50 Å². The van der Waals surface area contributed by atoms with Crippen LogP contribution in [0, 0.1) is 39.2 Å². The van der Waals surface area contributed by atoms with Crippen LogP contribution in [0.1, 0.15) is 19.8 Å². The average molecular weight is 329 g/mol. The molecule has 1 rings (SSSR count). The monoisotopic (exact) mass is 329 g/mol. The number of likely N-dealkylation sites (tertiary alicyclic amines) is 1. The molecule has 0 aromatic heterocycles. The molecular weight excluding hydrogens is 314 g/mol. The van der Waals surface area contributed by atoms with E-state index in [1.54, 1.807) is 0 Å². The van der Waals surface area contributed by atoms with Gasteiger partial charge in [0.25, 0.3) is 0 Å². The first-order valence-corrected chi connectivity index (χ1v) is 5.83. The molecule has 0 aromatic rings. The average Bonchev–Trinajstić information content (AvgIpc) is 3.17. The minimum atomic E-state index is 0.494. The van der Waals surface area contributed by atoms with Gasteiger partial charge >= 0.3 is 133 Å². The quantitative estimate of drug-likeness (QED) is 0.436. The van der Waals surface area contributed by atoms with Crippen molar-refractivity contribution in [1.82, 2.24) is 4.90 Å². The van der Waals surface area contributed by atoms with Gasteiger partial charge in [-0.2, -0.15) is 0 Å². The zero-order valence-corrected chi connectivity index (χ0v) is 12.9. The first-order chi connectivity index (χ1) is 10.3. The molecular formula is C14H15CrNO5. The number of hydrogen-bond donors (Lipinski definition) is 0. The predicted octanol–water partition coefficient (Wildman–Crippen LogP) is 1.39. The molecule has 0 saturated carbocycles. The predicted molar refractivity (Wildman–Crippen MR) is 64.8 cm³/mol. The van der Waals surface area contributed by atoms with Crippen LogP contribution < -0.4 is 0 Å². The summed E-state index contributed by atoms with van der Waals surface area (Å²) >= 11 is 3.14. The Morgan fingerprint density at radius 1 is 0.952 bits per heavy atom. The maximum absolute atomic E-state index is 7.50. The number of hydrogen-bond acceptors (Lipinski definition) is 1. The molecule has 1 saturated heterocycles. The van der Waals surface area contributed by atoms with Crippen LogP contribution >= 0.6 is 0 Å². The summed E-state index contributed by atoms with van der Waals surface area (Å²) in [7, 11) is 0. The van der Waals surface area contributed by atoms with E-state index in [1.807, 2.05) is 6.08 Å². The van der Waals surface area contributed by atoms with Gasteiger partial charge in [0.15, 0.2) is 0 Å². The summed E-state index contributed by atoms with van der Waals surface area (Å²) in [5.41, 5.74) is 0. The van der Waals surface area contributed by atoms with E-state index in [0.29, 0.717) is 5.92 Å². The van der Waals surface area contributed by atoms with Gasteiger partial charge in [0.1, 0.15) is 0 Å². The first-order valence-electron chi connectivity index (χ1n) is 5.19. The summed E-state index contributed by atoms with van der Waals surface area (Å²) in [6.07, 6.45) is 4.67. The maximum atomic E-state index is 7.50. The standard InChI is InChI=1S/C9H15N.5CO.Cr/c1-3-9(2)8-10-6-4-5-7-10;5*1-2;/h3,9H,1,4-7H2,2H3;;;;;;. The zero-order chi connectivity index (χ0) is 18.3. The molecule has 0 aromatic carbocycles. The first kappa shape index (κ1) is 32.0.